The molecule has 0 aromatic carbocycles. The normalized spacial score (nSPS) is 24.4. The lowest BCUT2D eigenvalue weighted by molar-refractivity contribution is -0.122. The van der Waals surface area contributed by atoms with E-state index in [1.807, 2.05) is 0 Å². The summed E-state index contributed by atoms with van der Waals surface area (Å²) in [6, 6.07) is 0.194. The molecule has 6 nitrogen and oxygen atoms in total. The molecule has 1 N–H and O–H groups in total. The molecule has 0 aromatic rings. The molecule has 1 atom stereocenters. The van der Waals surface area contributed by atoms with E-state index in [-0.39, 0.29) is 31.1 Å². The van der Waals surface area contributed by atoms with Gasteiger partial charge in [0.1, 0.15) is 0 Å². The van der Waals surface area contributed by atoms with Gasteiger partial charge in [0.15, 0.2) is 0 Å². The van der Waals surface area contributed by atoms with Crippen LogP contribution in [0.5, 0.6) is 0 Å². The topological polar surface area (TPSA) is 75.7 Å². The van der Waals surface area contributed by atoms with Crippen LogP contribution in [0.3, 0.4) is 0 Å². The maximum atomic E-state index is 12.2. The van der Waals surface area contributed by atoms with E-state index in [0.29, 0.717) is 6.61 Å². The van der Waals surface area contributed by atoms with Gasteiger partial charge < -0.3 is 10.1 Å². The monoisotopic (exact) mass is 332 g/mol. The van der Waals surface area contributed by atoms with Crippen LogP contribution in [-0.2, 0) is 19.6 Å². The van der Waals surface area contributed by atoms with E-state index in [4.69, 9.17) is 4.74 Å². The zero-order chi connectivity index (χ0) is 16.0. The summed E-state index contributed by atoms with van der Waals surface area (Å²) in [4.78, 5) is 12.2. The van der Waals surface area contributed by atoms with Crippen LogP contribution in [0.25, 0.3) is 0 Å². The average Bonchev–Trinajstić information content (AvgIpc) is 2.81. The number of hydrogen-bond donors (Lipinski definition) is 1. The fourth-order valence-electron chi connectivity index (χ4n) is 3.19. The fourth-order valence-corrected chi connectivity index (χ4v) is 3.98. The summed E-state index contributed by atoms with van der Waals surface area (Å²) in [5.74, 6) is -0.199. The standard InChI is InChI=1S/C15H28N2O4S/c1-22(19,20)17(11-14-9-6-10-21-14)12-15(18)16-13-7-4-2-3-5-8-13/h13-14H,2-12H2,1H3,(H,16,18). The summed E-state index contributed by atoms with van der Waals surface area (Å²) < 4.78 is 30.5. The van der Waals surface area contributed by atoms with Crippen molar-refractivity contribution in [3.8, 4) is 0 Å². The van der Waals surface area contributed by atoms with Gasteiger partial charge in [-0.05, 0) is 25.7 Å². The number of hydrogen-bond acceptors (Lipinski definition) is 4. The minimum atomic E-state index is -3.40. The number of amides is 1. The Labute approximate surface area is 133 Å². The maximum Gasteiger partial charge on any atom is 0.235 e. The van der Waals surface area contributed by atoms with E-state index in [0.717, 1.165) is 44.8 Å². The maximum absolute atomic E-state index is 12.2. The highest BCUT2D eigenvalue weighted by Gasteiger charge is 2.27. The van der Waals surface area contributed by atoms with E-state index < -0.39 is 10.0 Å². The molecule has 1 saturated heterocycles. The van der Waals surface area contributed by atoms with Crippen LogP contribution in [0, 0.1) is 0 Å². The fraction of sp³-hybridized carbons (Fsp3) is 0.933. The Morgan fingerprint density at radius 2 is 1.82 bits per heavy atom. The smallest absolute Gasteiger partial charge is 0.235 e. The van der Waals surface area contributed by atoms with E-state index in [9.17, 15) is 13.2 Å². The highest BCUT2D eigenvalue weighted by atomic mass is 32.2. The number of carbonyl (C=O) groups is 1. The minimum absolute atomic E-state index is 0.0830. The van der Waals surface area contributed by atoms with Crippen molar-refractivity contribution in [3.05, 3.63) is 0 Å². The molecule has 22 heavy (non-hydrogen) atoms. The number of rotatable bonds is 6. The molecule has 1 saturated carbocycles. The Morgan fingerprint density at radius 1 is 1.14 bits per heavy atom. The van der Waals surface area contributed by atoms with Gasteiger partial charge >= 0.3 is 0 Å². The molecule has 0 radical (unpaired) electrons. The van der Waals surface area contributed by atoms with E-state index in [1.165, 1.54) is 17.1 Å². The molecule has 1 aliphatic heterocycles. The van der Waals surface area contributed by atoms with Crippen molar-refractivity contribution in [1.29, 1.82) is 0 Å². The van der Waals surface area contributed by atoms with Gasteiger partial charge in [-0.25, -0.2) is 8.42 Å². The van der Waals surface area contributed by atoms with Crippen LogP contribution in [0.4, 0.5) is 0 Å². The Balaban J connectivity index is 1.86. The first-order valence-electron chi connectivity index (χ1n) is 8.31. The molecular formula is C15H28N2O4S. The van der Waals surface area contributed by atoms with E-state index in [2.05, 4.69) is 5.32 Å². The predicted octanol–water partition coefficient (Wildman–Crippen LogP) is 1.27. The van der Waals surface area contributed by atoms with Crippen molar-refractivity contribution < 1.29 is 17.9 Å². The number of sulfonamides is 1. The van der Waals surface area contributed by atoms with Crippen LogP contribution < -0.4 is 5.32 Å². The second-order valence-corrected chi connectivity index (χ2v) is 8.43. The van der Waals surface area contributed by atoms with Crippen LogP contribution in [0.2, 0.25) is 0 Å². The summed E-state index contributed by atoms with van der Waals surface area (Å²) in [5.41, 5.74) is 0. The molecule has 0 aromatic heterocycles. The number of carbonyl (C=O) groups excluding carboxylic acids is 1. The quantitative estimate of drug-likeness (QED) is 0.743. The average molecular weight is 332 g/mol. The lowest BCUT2D eigenvalue weighted by Crippen LogP contribution is -2.46. The van der Waals surface area contributed by atoms with Crippen molar-refractivity contribution >= 4 is 15.9 Å². The molecule has 2 aliphatic rings. The second kappa shape index (κ2) is 8.26. The largest absolute Gasteiger partial charge is 0.377 e. The predicted molar refractivity (Wildman–Crippen MR) is 85.0 cm³/mol. The first kappa shape index (κ1) is 17.7. The van der Waals surface area contributed by atoms with Crippen molar-refractivity contribution in [2.75, 3.05) is 26.0 Å². The second-order valence-electron chi connectivity index (χ2n) is 6.45. The van der Waals surface area contributed by atoms with Crippen LogP contribution in [0.15, 0.2) is 0 Å². The van der Waals surface area contributed by atoms with E-state index in [1.54, 1.807) is 0 Å². The molecule has 128 valence electrons. The SMILES string of the molecule is CS(=O)(=O)N(CC(=O)NC1CCCCCC1)CC1CCCO1. The van der Waals surface area contributed by atoms with Gasteiger partial charge in [-0.15, -0.1) is 0 Å². The highest BCUT2D eigenvalue weighted by Crippen LogP contribution is 2.18. The summed E-state index contributed by atoms with van der Waals surface area (Å²) in [6.45, 7) is 0.850. The number of ether oxygens (including phenoxy) is 1. The Morgan fingerprint density at radius 3 is 2.36 bits per heavy atom. The summed E-state index contributed by atoms with van der Waals surface area (Å²) in [6.07, 6.45) is 9.59. The first-order chi connectivity index (χ1) is 10.4. The Hall–Kier alpha value is -0.660. The molecule has 1 amide bonds. The Kier molecular flexibility index (Phi) is 6.65. The molecule has 7 heteroatoms. The summed E-state index contributed by atoms with van der Waals surface area (Å²) in [5, 5.41) is 3.00. The van der Waals surface area contributed by atoms with Gasteiger partial charge in [-0.2, -0.15) is 4.31 Å². The molecule has 1 heterocycles. The van der Waals surface area contributed by atoms with Gasteiger partial charge in [0, 0.05) is 19.2 Å². The first-order valence-corrected chi connectivity index (χ1v) is 10.2. The van der Waals surface area contributed by atoms with Crippen LogP contribution >= 0.6 is 0 Å². The lowest BCUT2D eigenvalue weighted by Gasteiger charge is -2.24. The molecule has 2 rings (SSSR count). The van der Waals surface area contributed by atoms with Crippen molar-refractivity contribution in [1.82, 2.24) is 9.62 Å². The number of nitrogens with zero attached hydrogens (tertiary/aromatic N) is 1. The van der Waals surface area contributed by atoms with Crippen LogP contribution in [0.1, 0.15) is 51.4 Å². The zero-order valence-corrected chi connectivity index (χ0v) is 14.2. The zero-order valence-electron chi connectivity index (χ0n) is 13.4. The van der Waals surface area contributed by atoms with Gasteiger partial charge in [0.25, 0.3) is 0 Å². The number of nitrogens with one attached hydrogen (secondary N) is 1. The van der Waals surface area contributed by atoms with Gasteiger partial charge in [-0.1, -0.05) is 25.7 Å². The van der Waals surface area contributed by atoms with Crippen molar-refractivity contribution in [2.24, 2.45) is 0 Å². The molecule has 0 spiro atoms. The molecule has 1 aliphatic carbocycles. The van der Waals surface area contributed by atoms with Crippen molar-refractivity contribution in [3.63, 3.8) is 0 Å². The Bertz CT molecular complexity index is 452. The molecule has 1 unspecified atom stereocenters. The van der Waals surface area contributed by atoms with Gasteiger partial charge in [-0.3, -0.25) is 4.79 Å². The molecule has 2 fully saturated rings. The van der Waals surface area contributed by atoms with E-state index >= 15 is 0 Å². The van der Waals surface area contributed by atoms with Gasteiger partial charge in [0.2, 0.25) is 15.9 Å². The molecular weight excluding hydrogens is 304 g/mol. The third kappa shape index (κ3) is 5.85. The molecule has 0 bridgehead atoms. The lowest BCUT2D eigenvalue weighted by atomic mass is 10.1. The van der Waals surface area contributed by atoms with Crippen molar-refractivity contribution in [2.45, 2.75) is 63.5 Å². The highest BCUT2D eigenvalue weighted by molar-refractivity contribution is 7.88. The third-order valence-electron chi connectivity index (χ3n) is 4.44. The minimum Gasteiger partial charge on any atom is -0.377 e. The summed E-state index contributed by atoms with van der Waals surface area (Å²) >= 11 is 0. The van der Waals surface area contributed by atoms with Crippen LogP contribution in [-0.4, -0.2) is 56.7 Å². The third-order valence-corrected chi connectivity index (χ3v) is 5.66. The van der Waals surface area contributed by atoms with Gasteiger partial charge in [0.05, 0.1) is 18.9 Å². The summed E-state index contributed by atoms with van der Waals surface area (Å²) in [7, 11) is -3.40.